The number of halogens is 1. The molecule has 6 bridgehead atoms. The fourth-order valence-corrected chi connectivity index (χ4v) is 9.10. The number of nitrogens with zero attached hydrogens (tertiary/aromatic N) is 1. The van der Waals surface area contributed by atoms with E-state index in [1.807, 2.05) is 12.1 Å². The molecule has 0 spiro atoms. The molecular formula is C27H38ClN3O. The van der Waals surface area contributed by atoms with Crippen LogP contribution >= 0.6 is 11.6 Å². The predicted octanol–water partition coefficient (Wildman–Crippen LogP) is 4.72. The molecule has 1 aliphatic heterocycles. The van der Waals surface area contributed by atoms with Crippen molar-refractivity contribution in [2.45, 2.75) is 64.0 Å². The molecule has 2 atom stereocenters. The molecule has 2 N–H and O–H groups in total. The van der Waals surface area contributed by atoms with E-state index < -0.39 is 0 Å². The van der Waals surface area contributed by atoms with Gasteiger partial charge in [0.2, 0.25) is 0 Å². The van der Waals surface area contributed by atoms with Gasteiger partial charge in [-0.2, -0.15) is 0 Å². The van der Waals surface area contributed by atoms with Crippen LogP contribution in [0.5, 0.6) is 0 Å². The number of piperidine rings is 1. The summed E-state index contributed by atoms with van der Waals surface area (Å²) < 4.78 is 0. The van der Waals surface area contributed by atoms with Gasteiger partial charge in [-0.25, -0.2) is 0 Å². The Bertz CT molecular complexity index is 836. The van der Waals surface area contributed by atoms with Gasteiger partial charge in [0.1, 0.15) is 0 Å². The molecular weight excluding hydrogens is 418 g/mol. The maximum Gasteiger partial charge on any atom is 0.252 e. The normalized spacial score (nSPS) is 40.1. The third-order valence-corrected chi connectivity index (χ3v) is 10.0. The Balaban J connectivity index is 1.10. The molecule has 32 heavy (non-hydrogen) atoms. The first-order chi connectivity index (χ1) is 15.5. The number of benzene rings is 1. The van der Waals surface area contributed by atoms with E-state index in [0.717, 1.165) is 55.8 Å². The van der Waals surface area contributed by atoms with E-state index >= 15 is 0 Å². The van der Waals surface area contributed by atoms with Crippen molar-refractivity contribution in [3.8, 4) is 0 Å². The van der Waals surface area contributed by atoms with E-state index in [1.165, 1.54) is 56.9 Å². The fourth-order valence-electron chi connectivity index (χ4n) is 8.89. The minimum atomic E-state index is 0.0153. The third-order valence-electron chi connectivity index (χ3n) is 9.71. The highest BCUT2D eigenvalue weighted by molar-refractivity contribution is 6.33. The SMILES string of the molecule is CNC1[C@@H]2CC[C@@H]1CN(Cc1ccc(Cl)c(C(=O)NCC34CC5CC(CC(C5)C3)C4)c1)C2. The van der Waals surface area contributed by atoms with Crippen LogP contribution in [0, 0.1) is 35.0 Å². The van der Waals surface area contributed by atoms with Gasteiger partial charge in [0.05, 0.1) is 10.6 Å². The molecule has 1 heterocycles. The summed E-state index contributed by atoms with van der Waals surface area (Å²) in [6.45, 7) is 4.04. The summed E-state index contributed by atoms with van der Waals surface area (Å²) in [7, 11) is 2.11. The molecule has 174 valence electrons. The van der Waals surface area contributed by atoms with Gasteiger partial charge in [-0.1, -0.05) is 17.7 Å². The van der Waals surface area contributed by atoms with E-state index in [-0.39, 0.29) is 5.91 Å². The van der Waals surface area contributed by atoms with Crippen LogP contribution in [0.25, 0.3) is 0 Å². The number of fused-ring (bicyclic) bond motifs is 2. The summed E-state index contributed by atoms with van der Waals surface area (Å²) in [5, 5.41) is 7.44. The van der Waals surface area contributed by atoms with Gasteiger partial charge < -0.3 is 10.6 Å². The largest absolute Gasteiger partial charge is 0.351 e. The van der Waals surface area contributed by atoms with Gasteiger partial charge in [0.25, 0.3) is 5.91 Å². The first-order valence-corrected chi connectivity index (χ1v) is 13.3. The average Bonchev–Trinajstić information content (AvgIpc) is 3.01. The molecule has 1 saturated heterocycles. The zero-order valence-corrected chi connectivity index (χ0v) is 20.2. The summed E-state index contributed by atoms with van der Waals surface area (Å²) >= 11 is 6.50. The molecule has 6 fully saturated rings. The van der Waals surface area contributed by atoms with Crippen LogP contribution in [0.3, 0.4) is 0 Å². The molecule has 5 aliphatic carbocycles. The Morgan fingerprint density at radius 3 is 2.28 bits per heavy atom. The Labute approximate surface area is 197 Å². The highest BCUT2D eigenvalue weighted by Crippen LogP contribution is 2.59. The molecule has 7 rings (SSSR count). The van der Waals surface area contributed by atoms with Crippen LogP contribution in [-0.2, 0) is 6.54 Å². The number of amides is 1. The zero-order valence-electron chi connectivity index (χ0n) is 19.4. The molecule has 1 aromatic carbocycles. The summed E-state index contributed by atoms with van der Waals surface area (Å²) in [5.41, 5.74) is 2.21. The van der Waals surface area contributed by atoms with Gasteiger partial charge in [0.15, 0.2) is 0 Å². The Morgan fingerprint density at radius 1 is 1.06 bits per heavy atom. The van der Waals surface area contributed by atoms with Crippen molar-refractivity contribution < 1.29 is 4.79 Å². The van der Waals surface area contributed by atoms with Crippen LogP contribution in [0.15, 0.2) is 18.2 Å². The van der Waals surface area contributed by atoms with E-state index in [2.05, 4.69) is 28.6 Å². The van der Waals surface area contributed by atoms with Crippen molar-refractivity contribution in [2.75, 3.05) is 26.7 Å². The lowest BCUT2D eigenvalue weighted by Gasteiger charge is -2.56. The second kappa shape index (κ2) is 8.29. The van der Waals surface area contributed by atoms with Gasteiger partial charge in [-0.3, -0.25) is 9.69 Å². The summed E-state index contributed by atoms with van der Waals surface area (Å²) in [4.78, 5) is 15.8. The number of likely N-dealkylation sites (tertiary alicyclic amines) is 1. The molecule has 4 nitrogen and oxygen atoms in total. The highest BCUT2D eigenvalue weighted by Gasteiger charge is 2.50. The lowest BCUT2D eigenvalue weighted by Crippen LogP contribution is -2.51. The standard InChI is InChI=1S/C27H38ClN3O/c1-29-25-21-3-4-22(25)15-31(14-21)13-17-2-5-24(28)23(9-17)26(32)30-16-27-10-18-6-19(11-27)8-20(7-18)12-27/h2,5,9,18-22,25,29H,3-4,6-8,10-16H2,1H3,(H,30,32)/t18?,19?,20?,21-,22-,27?/m1/s1. The van der Waals surface area contributed by atoms with Gasteiger partial charge in [-0.05, 0) is 111 Å². The Hall–Kier alpha value is -1.10. The lowest BCUT2D eigenvalue weighted by atomic mass is 9.49. The Kier molecular flexibility index (Phi) is 5.55. The van der Waals surface area contributed by atoms with Crippen LogP contribution in [0.1, 0.15) is 67.3 Å². The number of nitrogens with one attached hydrogen (secondary N) is 2. The number of hydrogen-bond acceptors (Lipinski definition) is 3. The smallest absolute Gasteiger partial charge is 0.252 e. The third kappa shape index (κ3) is 3.91. The number of carbonyl (C=O) groups is 1. The fraction of sp³-hybridized carbons (Fsp3) is 0.741. The van der Waals surface area contributed by atoms with Crippen molar-refractivity contribution in [1.82, 2.24) is 15.5 Å². The maximum absolute atomic E-state index is 13.2. The quantitative estimate of drug-likeness (QED) is 0.652. The molecule has 0 radical (unpaired) electrons. The van der Waals surface area contributed by atoms with Gasteiger partial charge in [0, 0.05) is 32.2 Å². The highest BCUT2D eigenvalue weighted by atomic mass is 35.5. The topological polar surface area (TPSA) is 44.4 Å². The molecule has 5 heteroatoms. The summed E-state index contributed by atoms with van der Waals surface area (Å²) in [5.74, 6) is 4.26. The zero-order chi connectivity index (χ0) is 21.9. The number of carbonyl (C=O) groups excluding carboxylic acids is 1. The second-order valence-corrected chi connectivity index (χ2v) is 12.4. The minimum absolute atomic E-state index is 0.0153. The van der Waals surface area contributed by atoms with E-state index in [9.17, 15) is 4.79 Å². The van der Waals surface area contributed by atoms with Gasteiger partial charge in [-0.15, -0.1) is 0 Å². The number of hydrogen-bond donors (Lipinski definition) is 2. The van der Waals surface area contributed by atoms with E-state index in [1.54, 1.807) is 0 Å². The van der Waals surface area contributed by atoms with Crippen molar-refractivity contribution in [3.63, 3.8) is 0 Å². The van der Waals surface area contributed by atoms with Crippen molar-refractivity contribution in [1.29, 1.82) is 0 Å². The molecule has 5 saturated carbocycles. The molecule has 6 aliphatic rings. The molecule has 1 aromatic rings. The van der Waals surface area contributed by atoms with Crippen molar-refractivity contribution >= 4 is 17.5 Å². The van der Waals surface area contributed by atoms with Gasteiger partial charge >= 0.3 is 0 Å². The second-order valence-electron chi connectivity index (χ2n) is 12.0. The lowest BCUT2D eigenvalue weighted by molar-refractivity contribution is -0.0503. The summed E-state index contributed by atoms with van der Waals surface area (Å²) in [6.07, 6.45) is 10.9. The molecule has 1 amide bonds. The molecule has 0 aromatic heterocycles. The number of rotatable bonds is 6. The first-order valence-electron chi connectivity index (χ1n) is 13.0. The average molecular weight is 456 g/mol. The van der Waals surface area contributed by atoms with Crippen molar-refractivity contribution in [2.24, 2.45) is 35.0 Å². The Morgan fingerprint density at radius 2 is 1.69 bits per heavy atom. The van der Waals surface area contributed by atoms with Crippen LogP contribution in [-0.4, -0.2) is 43.5 Å². The monoisotopic (exact) mass is 455 g/mol. The van der Waals surface area contributed by atoms with Crippen LogP contribution in [0.2, 0.25) is 5.02 Å². The minimum Gasteiger partial charge on any atom is -0.351 e. The van der Waals surface area contributed by atoms with Crippen LogP contribution < -0.4 is 10.6 Å². The van der Waals surface area contributed by atoms with Crippen molar-refractivity contribution in [3.05, 3.63) is 34.3 Å². The molecule has 0 unspecified atom stereocenters. The van der Waals surface area contributed by atoms with E-state index in [4.69, 9.17) is 11.6 Å². The van der Waals surface area contributed by atoms with E-state index in [0.29, 0.717) is 22.0 Å². The summed E-state index contributed by atoms with van der Waals surface area (Å²) in [6, 6.07) is 6.75. The van der Waals surface area contributed by atoms with Crippen LogP contribution in [0.4, 0.5) is 0 Å². The maximum atomic E-state index is 13.2. The first kappa shape index (κ1) is 21.4. The predicted molar refractivity (Wildman–Crippen MR) is 129 cm³/mol.